The second-order valence-electron chi connectivity index (χ2n) is 5.36. The summed E-state index contributed by atoms with van der Waals surface area (Å²) >= 11 is 0. The van der Waals surface area contributed by atoms with Crippen LogP contribution >= 0.6 is 0 Å². The van der Waals surface area contributed by atoms with Crippen LogP contribution < -0.4 is 0 Å². The van der Waals surface area contributed by atoms with E-state index < -0.39 is 28.8 Å². The maximum absolute atomic E-state index is 12.8. The van der Waals surface area contributed by atoms with Gasteiger partial charge in [-0.25, -0.2) is 17.2 Å². The summed E-state index contributed by atoms with van der Waals surface area (Å²) in [6.07, 6.45) is -1.09. The minimum atomic E-state index is -4.22. The van der Waals surface area contributed by atoms with Gasteiger partial charge in [-0.2, -0.15) is 8.78 Å². The van der Waals surface area contributed by atoms with E-state index in [9.17, 15) is 26.0 Å². The predicted octanol–water partition coefficient (Wildman–Crippen LogP) is 3.35. The molecule has 26 heavy (non-hydrogen) atoms. The van der Waals surface area contributed by atoms with Crippen molar-refractivity contribution >= 4 is 9.84 Å². The summed E-state index contributed by atoms with van der Waals surface area (Å²) in [6, 6.07) is 5.85. The molecule has 0 aliphatic heterocycles. The van der Waals surface area contributed by atoms with Gasteiger partial charge in [0.05, 0.1) is 22.9 Å². The van der Waals surface area contributed by atoms with Crippen LogP contribution in [0.4, 0.5) is 17.6 Å². The van der Waals surface area contributed by atoms with Crippen molar-refractivity contribution in [3.63, 3.8) is 0 Å². The predicted molar refractivity (Wildman–Crippen MR) is 85.8 cm³/mol. The van der Waals surface area contributed by atoms with Crippen LogP contribution in [0.3, 0.4) is 0 Å². The van der Waals surface area contributed by atoms with Crippen LogP contribution in [0, 0.1) is 0 Å². The van der Waals surface area contributed by atoms with Crippen molar-refractivity contribution in [1.82, 2.24) is 9.97 Å². The van der Waals surface area contributed by atoms with Crippen molar-refractivity contribution in [3.05, 3.63) is 42.2 Å². The Morgan fingerprint density at radius 1 is 1.19 bits per heavy atom. The summed E-state index contributed by atoms with van der Waals surface area (Å²) in [7, 11) is -3.51. The Hall–Kier alpha value is -2.07. The minimum absolute atomic E-state index is 0.0376. The summed E-state index contributed by atoms with van der Waals surface area (Å²) < 4.78 is 78.5. The lowest BCUT2D eigenvalue weighted by molar-refractivity contribution is -0.168. The van der Waals surface area contributed by atoms with E-state index in [1.54, 1.807) is 0 Å². The van der Waals surface area contributed by atoms with Gasteiger partial charge in [0.2, 0.25) is 0 Å². The lowest BCUT2D eigenvalue weighted by atomic mass is 10.2. The molecule has 0 radical (unpaired) electrons. The molecular weight excluding hydrogens is 376 g/mol. The van der Waals surface area contributed by atoms with E-state index >= 15 is 0 Å². The minimum Gasteiger partial charge on any atom is -0.370 e. The van der Waals surface area contributed by atoms with Crippen LogP contribution in [0.25, 0.3) is 11.4 Å². The molecule has 0 aliphatic rings. The van der Waals surface area contributed by atoms with Gasteiger partial charge in [-0.15, -0.1) is 0 Å². The molecule has 142 valence electrons. The van der Waals surface area contributed by atoms with Gasteiger partial charge in [0.15, 0.2) is 9.84 Å². The number of pyridine rings is 2. The van der Waals surface area contributed by atoms with Crippen molar-refractivity contribution < 1.29 is 30.7 Å². The second kappa shape index (κ2) is 8.09. The van der Waals surface area contributed by atoms with Crippen LogP contribution in [-0.2, 0) is 21.2 Å². The van der Waals surface area contributed by atoms with Crippen molar-refractivity contribution in [2.24, 2.45) is 0 Å². The van der Waals surface area contributed by atoms with Gasteiger partial charge >= 0.3 is 12.3 Å². The molecule has 0 fully saturated rings. The van der Waals surface area contributed by atoms with Gasteiger partial charge in [-0.3, -0.25) is 9.97 Å². The van der Waals surface area contributed by atoms with Gasteiger partial charge < -0.3 is 4.74 Å². The zero-order chi connectivity index (χ0) is 19.4. The lowest BCUT2D eigenvalue weighted by Crippen LogP contribution is -2.32. The largest absolute Gasteiger partial charge is 0.370 e. The number of hydrogen-bond donors (Lipinski definition) is 0. The second-order valence-corrected chi connectivity index (χ2v) is 7.61. The maximum atomic E-state index is 12.8. The van der Waals surface area contributed by atoms with Gasteiger partial charge in [0, 0.05) is 12.4 Å². The molecule has 5 nitrogen and oxygen atoms in total. The fourth-order valence-corrected chi connectivity index (χ4v) is 3.06. The first-order valence-electron chi connectivity index (χ1n) is 7.54. The molecule has 0 spiro atoms. The van der Waals surface area contributed by atoms with Gasteiger partial charge in [-0.1, -0.05) is 13.0 Å². The summed E-state index contributed by atoms with van der Waals surface area (Å²) in [5, 5.41) is 0. The van der Waals surface area contributed by atoms with Gasteiger partial charge in [0.25, 0.3) is 0 Å². The molecule has 2 aromatic rings. The number of hydrogen-bond acceptors (Lipinski definition) is 5. The fourth-order valence-electron chi connectivity index (χ4n) is 2.01. The molecule has 10 heteroatoms. The zero-order valence-electron chi connectivity index (χ0n) is 13.7. The van der Waals surface area contributed by atoms with E-state index in [2.05, 4.69) is 14.7 Å². The molecule has 0 N–H and O–H groups in total. The molecule has 0 aromatic carbocycles. The van der Waals surface area contributed by atoms with Gasteiger partial charge in [0.1, 0.15) is 12.3 Å². The Bertz CT molecular complexity index is 843. The highest BCUT2D eigenvalue weighted by Gasteiger charge is 2.40. The highest BCUT2D eigenvalue weighted by atomic mass is 32.2. The van der Waals surface area contributed by atoms with Crippen LogP contribution in [0.1, 0.15) is 12.5 Å². The SMILES string of the molecule is CCS(=O)(=O)c1cccnc1-c1ccc(COCC(F)(F)C(F)F)cn1. The molecule has 0 saturated heterocycles. The molecule has 0 amide bonds. The number of ether oxygens (including phenoxy) is 1. The Balaban J connectivity index is 2.14. The summed E-state index contributed by atoms with van der Waals surface area (Å²) in [5.74, 6) is -4.32. The third-order valence-corrected chi connectivity index (χ3v) is 5.20. The average Bonchev–Trinajstić information content (AvgIpc) is 2.62. The summed E-state index contributed by atoms with van der Waals surface area (Å²) in [4.78, 5) is 8.15. The van der Waals surface area contributed by atoms with E-state index in [0.29, 0.717) is 5.56 Å². The Kier molecular flexibility index (Phi) is 6.30. The molecule has 0 unspecified atom stereocenters. The normalized spacial score (nSPS) is 12.5. The van der Waals surface area contributed by atoms with Crippen molar-refractivity contribution in [2.75, 3.05) is 12.4 Å². The molecular formula is C16H16F4N2O3S. The number of rotatable bonds is 8. The quantitative estimate of drug-likeness (QED) is 0.645. The zero-order valence-corrected chi connectivity index (χ0v) is 14.5. The van der Waals surface area contributed by atoms with Crippen molar-refractivity contribution in [2.45, 2.75) is 30.8 Å². The third kappa shape index (κ3) is 4.76. The summed E-state index contributed by atoms with van der Waals surface area (Å²) in [6.45, 7) is -0.237. The van der Waals surface area contributed by atoms with Crippen LogP contribution in [0.15, 0.2) is 41.6 Å². The first kappa shape index (κ1) is 20.2. The number of sulfone groups is 1. The van der Waals surface area contributed by atoms with E-state index in [-0.39, 0.29) is 28.6 Å². The van der Waals surface area contributed by atoms with Gasteiger partial charge in [-0.05, 0) is 23.8 Å². The van der Waals surface area contributed by atoms with E-state index in [4.69, 9.17) is 0 Å². The molecule has 0 bridgehead atoms. The molecule has 0 saturated carbocycles. The third-order valence-electron chi connectivity index (χ3n) is 3.44. The highest BCUT2D eigenvalue weighted by Crippen LogP contribution is 2.25. The number of aromatic nitrogens is 2. The fraction of sp³-hybridized carbons (Fsp3) is 0.375. The van der Waals surface area contributed by atoms with Crippen molar-refractivity contribution in [1.29, 1.82) is 0 Å². The van der Waals surface area contributed by atoms with Crippen LogP contribution in [0.2, 0.25) is 0 Å². The molecule has 0 atom stereocenters. The van der Waals surface area contributed by atoms with E-state index in [0.717, 1.165) is 0 Å². The van der Waals surface area contributed by atoms with E-state index in [1.165, 1.54) is 43.6 Å². The first-order valence-corrected chi connectivity index (χ1v) is 9.19. The maximum Gasteiger partial charge on any atom is 0.330 e. The number of nitrogens with zero attached hydrogens (tertiary/aromatic N) is 2. The standard InChI is InChI=1S/C16H16F4N2O3S/c1-2-26(23,24)13-4-3-7-21-14(13)12-6-5-11(8-22-12)9-25-10-16(19,20)15(17)18/h3-8,15H,2,9-10H2,1H3. The molecule has 2 heterocycles. The molecule has 2 rings (SSSR count). The van der Waals surface area contributed by atoms with Crippen LogP contribution in [0.5, 0.6) is 0 Å². The van der Waals surface area contributed by atoms with Crippen LogP contribution in [-0.4, -0.2) is 43.1 Å². The monoisotopic (exact) mass is 392 g/mol. The lowest BCUT2D eigenvalue weighted by Gasteiger charge is -2.15. The topological polar surface area (TPSA) is 69.2 Å². The highest BCUT2D eigenvalue weighted by molar-refractivity contribution is 7.91. The Morgan fingerprint density at radius 3 is 2.50 bits per heavy atom. The molecule has 2 aromatic heterocycles. The summed E-state index contributed by atoms with van der Waals surface area (Å²) in [5.41, 5.74) is 0.819. The van der Waals surface area contributed by atoms with E-state index in [1.807, 2.05) is 0 Å². The smallest absolute Gasteiger partial charge is 0.330 e. The Morgan fingerprint density at radius 2 is 1.92 bits per heavy atom. The number of halogens is 4. The Labute approximate surface area is 148 Å². The van der Waals surface area contributed by atoms with Crippen molar-refractivity contribution in [3.8, 4) is 11.4 Å². The molecule has 0 aliphatic carbocycles. The first-order chi connectivity index (χ1) is 12.2. The average molecular weight is 392 g/mol. The number of alkyl halides is 4.